The van der Waals surface area contributed by atoms with Crippen LogP contribution in [0.4, 0.5) is 4.39 Å². The van der Waals surface area contributed by atoms with Crippen molar-refractivity contribution >= 4 is 11.6 Å². The highest BCUT2D eigenvalue weighted by atomic mass is 35.5. The molecular weight excluding hydrogens is 253 g/mol. The van der Waals surface area contributed by atoms with E-state index in [2.05, 4.69) is 24.2 Å². The Morgan fingerprint density at radius 1 is 1.44 bits per heavy atom. The topological polar surface area (TPSA) is 41.3 Å². The highest BCUT2D eigenvalue weighted by molar-refractivity contribution is 6.31. The van der Waals surface area contributed by atoms with E-state index in [9.17, 15) is 4.39 Å². The van der Waals surface area contributed by atoms with Gasteiger partial charge in [0.05, 0.1) is 0 Å². The molecule has 0 radical (unpaired) electrons. The summed E-state index contributed by atoms with van der Waals surface area (Å²) in [5.41, 5.74) is 3.56. The fourth-order valence-electron chi connectivity index (χ4n) is 1.73. The molecule has 1 atom stereocenters. The Morgan fingerprint density at radius 3 is 2.50 bits per heavy atom. The Hall–Kier alpha value is -0.680. The van der Waals surface area contributed by atoms with Crippen molar-refractivity contribution in [2.75, 3.05) is 14.1 Å². The molecule has 0 aliphatic rings. The van der Waals surface area contributed by atoms with Crippen LogP contribution in [0.25, 0.3) is 0 Å². The lowest BCUT2D eigenvalue weighted by molar-refractivity contribution is 0.137. The van der Waals surface area contributed by atoms with Crippen molar-refractivity contribution in [3.8, 4) is 0 Å². The molecule has 3 N–H and O–H groups in total. The van der Waals surface area contributed by atoms with E-state index in [4.69, 9.17) is 17.4 Å². The number of rotatable bonds is 5. The van der Waals surface area contributed by atoms with Gasteiger partial charge in [0.2, 0.25) is 0 Å². The van der Waals surface area contributed by atoms with E-state index in [0.717, 1.165) is 5.56 Å². The van der Waals surface area contributed by atoms with Crippen LogP contribution < -0.4 is 11.3 Å². The maximum absolute atomic E-state index is 13.0. The molecule has 18 heavy (non-hydrogen) atoms. The second-order valence-corrected chi connectivity index (χ2v) is 5.61. The Labute approximate surface area is 113 Å². The van der Waals surface area contributed by atoms with Gasteiger partial charge in [-0.25, -0.2) is 4.39 Å². The minimum atomic E-state index is -0.326. The highest BCUT2D eigenvalue weighted by Crippen LogP contribution is 2.24. The average molecular weight is 274 g/mol. The third-order valence-corrected chi connectivity index (χ3v) is 4.00. The Morgan fingerprint density at radius 2 is 2.06 bits per heavy atom. The summed E-state index contributed by atoms with van der Waals surface area (Å²) in [6, 6.07) is 4.45. The monoisotopic (exact) mass is 273 g/mol. The molecule has 1 unspecified atom stereocenters. The third-order valence-electron chi connectivity index (χ3n) is 3.65. The Kier molecular flexibility index (Phi) is 5.10. The zero-order valence-electron chi connectivity index (χ0n) is 11.3. The van der Waals surface area contributed by atoms with Crippen molar-refractivity contribution in [2.24, 2.45) is 5.84 Å². The molecule has 0 fully saturated rings. The lowest BCUT2D eigenvalue weighted by Crippen LogP contribution is -2.58. The molecule has 1 aromatic rings. The molecule has 5 heteroatoms. The summed E-state index contributed by atoms with van der Waals surface area (Å²) in [5, 5.41) is 0.435. The molecular formula is C13H21ClFN3. The van der Waals surface area contributed by atoms with Crippen molar-refractivity contribution in [2.45, 2.75) is 31.8 Å². The Bertz CT molecular complexity index is 407. The number of hydrogen-bond donors (Lipinski definition) is 2. The van der Waals surface area contributed by atoms with Crippen LogP contribution in [0.5, 0.6) is 0 Å². The molecule has 0 spiro atoms. The number of likely N-dealkylation sites (N-methyl/N-ethyl adjacent to an activating group) is 1. The molecule has 3 nitrogen and oxygen atoms in total. The van der Waals surface area contributed by atoms with Crippen molar-refractivity contribution in [3.05, 3.63) is 34.6 Å². The first kappa shape index (κ1) is 15.4. The summed E-state index contributed by atoms with van der Waals surface area (Å²) >= 11 is 6.04. The van der Waals surface area contributed by atoms with Crippen LogP contribution in [0.15, 0.2) is 18.2 Å². The average Bonchev–Trinajstić information content (AvgIpc) is 2.27. The zero-order valence-corrected chi connectivity index (χ0v) is 12.1. The number of hydrazine groups is 1. The van der Waals surface area contributed by atoms with Crippen LogP contribution in [-0.4, -0.2) is 30.6 Å². The summed E-state index contributed by atoms with van der Waals surface area (Å²) in [4.78, 5) is 2.09. The van der Waals surface area contributed by atoms with Crippen LogP contribution in [0.1, 0.15) is 19.4 Å². The van der Waals surface area contributed by atoms with Gasteiger partial charge in [0.15, 0.2) is 0 Å². The van der Waals surface area contributed by atoms with Crippen molar-refractivity contribution in [1.29, 1.82) is 0 Å². The van der Waals surface area contributed by atoms with E-state index < -0.39 is 0 Å². The van der Waals surface area contributed by atoms with E-state index in [0.29, 0.717) is 11.4 Å². The van der Waals surface area contributed by atoms with Gasteiger partial charge in [0.25, 0.3) is 0 Å². The molecule has 0 amide bonds. The second kappa shape index (κ2) is 5.97. The van der Waals surface area contributed by atoms with E-state index in [1.165, 1.54) is 12.1 Å². The normalized spacial score (nSPS) is 14.0. The number of hydrogen-bond acceptors (Lipinski definition) is 3. The van der Waals surface area contributed by atoms with Crippen LogP contribution in [0, 0.1) is 5.82 Å². The van der Waals surface area contributed by atoms with E-state index in [1.54, 1.807) is 6.07 Å². The van der Waals surface area contributed by atoms with Gasteiger partial charge < -0.3 is 4.90 Å². The van der Waals surface area contributed by atoms with E-state index in [-0.39, 0.29) is 17.4 Å². The number of nitrogens with one attached hydrogen (secondary N) is 1. The fraction of sp³-hybridized carbons (Fsp3) is 0.538. The number of nitrogens with zero attached hydrogens (tertiary/aromatic N) is 1. The number of nitrogens with two attached hydrogens (primary N) is 1. The zero-order chi connectivity index (χ0) is 13.9. The first-order valence-electron chi connectivity index (χ1n) is 5.86. The summed E-state index contributed by atoms with van der Waals surface area (Å²) in [6.07, 6.45) is 0.640. The molecule has 0 aliphatic carbocycles. The van der Waals surface area contributed by atoms with Gasteiger partial charge in [-0.1, -0.05) is 17.7 Å². The summed E-state index contributed by atoms with van der Waals surface area (Å²) < 4.78 is 13.0. The first-order chi connectivity index (χ1) is 8.28. The minimum Gasteiger partial charge on any atom is -0.303 e. The molecule has 0 bridgehead atoms. The fourth-order valence-corrected chi connectivity index (χ4v) is 1.98. The van der Waals surface area contributed by atoms with Crippen LogP contribution >= 0.6 is 11.6 Å². The molecule has 1 aromatic carbocycles. The molecule has 0 aromatic heterocycles. The van der Waals surface area contributed by atoms with Gasteiger partial charge >= 0.3 is 0 Å². The standard InChI is InChI=1S/C13H21ClFN3/c1-13(2,18(3)4)12(17-16)7-9-5-6-10(15)8-11(9)14/h5-6,8,12,17H,7,16H2,1-4H3. The maximum Gasteiger partial charge on any atom is 0.124 e. The van der Waals surface area contributed by atoms with E-state index in [1.807, 2.05) is 14.1 Å². The van der Waals surface area contributed by atoms with Gasteiger partial charge in [-0.15, -0.1) is 0 Å². The van der Waals surface area contributed by atoms with Gasteiger partial charge in [-0.05, 0) is 52.1 Å². The van der Waals surface area contributed by atoms with Crippen LogP contribution in [0.3, 0.4) is 0 Å². The number of benzene rings is 1. The second-order valence-electron chi connectivity index (χ2n) is 5.21. The molecule has 0 heterocycles. The summed E-state index contributed by atoms with van der Waals surface area (Å²) in [5.74, 6) is 5.30. The highest BCUT2D eigenvalue weighted by Gasteiger charge is 2.31. The van der Waals surface area contributed by atoms with Crippen molar-refractivity contribution in [3.63, 3.8) is 0 Å². The van der Waals surface area contributed by atoms with E-state index >= 15 is 0 Å². The Balaban J connectivity index is 2.93. The molecule has 0 saturated heterocycles. The predicted octanol–water partition coefficient (Wildman–Crippen LogP) is 2.19. The SMILES string of the molecule is CN(C)C(C)(C)C(Cc1ccc(F)cc1Cl)NN. The van der Waals surface area contributed by atoms with Gasteiger partial charge in [-0.2, -0.15) is 0 Å². The maximum atomic E-state index is 13.0. The predicted molar refractivity (Wildman–Crippen MR) is 74.0 cm³/mol. The molecule has 102 valence electrons. The third kappa shape index (κ3) is 3.42. The largest absolute Gasteiger partial charge is 0.303 e. The van der Waals surface area contributed by atoms with Gasteiger partial charge in [-0.3, -0.25) is 11.3 Å². The molecule has 1 rings (SSSR count). The molecule has 0 aliphatic heterocycles. The minimum absolute atomic E-state index is 0.00969. The van der Waals surface area contributed by atoms with Crippen molar-refractivity contribution in [1.82, 2.24) is 10.3 Å². The van der Waals surface area contributed by atoms with Crippen LogP contribution in [0.2, 0.25) is 5.02 Å². The van der Waals surface area contributed by atoms with Crippen LogP contribution in [-0.2, 0) is 6.42 Å². The smallest absolute Gasteiger partial charge is 0.124 e. The number of halogens is 2. The van der Waals surface area contributed by atoms with Gasteiger partial charge in [0.1, 0.15) is 5.82 Å². The lowest BCUT2D eigenvalue weighted by atomic mass is 9.88. The van der Waals surface area contributed by atoms with Gasteiger partial charge in [0, 0.05) is 16.6 Å². The lowest BCUT2D eigenvalue weighted by Gasteiger charge is -2.40. The van der Waals surface area contributed by atoms with Crippen molar-refractivity contribution < 1.29 is 4.39 Å². The molecule has 0 saturated carbocycles. The summed E-state index contributed by atoms with van der Waals surface area (Å²) in [7, 11) is 3.99. The quantitative estimate of drug-likeness (QED) is 0.638. The first-order valence-corrected chi connectivity index (χ1v) is 6.24. The summed E-state index contributed by atoms with van der Waals surface area (Å²) in [6.45, 7) is 4.18.